The molecule has 1 amide bonds. The molecule has 0 bridgehead atoms. The van der Waals surface area contributed by atoms with Crippen molar-refractivity contribution in [2.75, 3.05) is 32.7 Å². The van der Waals surface area contributed by atoms with Gasteiger partial charge in [-0.25, -0.2) is 4.39 Å². The highest BCUT2D eigenvalue weighted by Gasteiger charge is 2.23. The standard InChI is InChI=1S/C22H23FN2O2/c1-17(15-18-5-3-2-4-6-18)22(27)25-13-11-24(12-14-25)16-21(26)19-7-9-20(23)10-8-19/h2-10,15H,11-14,16H2,1H3/b17-15+. The molecule has 0 spiro atoms. The van der Waals surface area contributed by atoms with E-state index in [9.17, 15) is 14.0 Å². The smallest absolute Gasteiger partial charge is 0.249 e. The molecule has 0 N–H and O–H groups in total. The van der Waals surface area contributed by atoms with Gasteiger partial charge in [-0.1, -0.05) is 30.3 Å². The summed E-state index contributed by atoms with van der Waals surface area (Å²) < 4.78 is 13.0. The van der Waals surface area contributed by atoms with Crippen molar-refractivity contribution in [3.8, 4) is 0 Å². The van der Waals surface area contributed by atoms with E-state index in [-0.39, 0.29) is 24.1 Å². The van der Waals surface area contributed by atoms with E-state index in [1.54, 1.807) is 0 Å². The zero-order valence-corrected chi connectivity index (χ0v) is 15.4. The molecular formula is C22H23FN2O2. The largest absolute Gasteiger partial charge is 0.336 e. The molecule has 27 heavy (non-hydrogen) atoms. The Labute approximate surface area is 158 Å². The van der Waals surface area contributed by atoms with Gasteiger partial charge in [0.1, 0.15) is 5.82 Å². The fraction of sp³-hybridized carbons (Fsp3) is 0.273. The molecule has 140 valence electrons. The number of amides is 1. The third kappa shape index (κ3) is 5.11. The molecule has 2 aromatic rings. The first kappa shape index (κ1) is 19.0. The Morgan fingerprint density at radius 1 is 0.963 bits per heavy atom. The van der Waals surface area contributed by atoms with Crippen molar-refractivity contribution in [1.82, 2.24) is 9.80 Å². The highest BCUT2D eigenvalue weighted by Crippen LogP contribution is 2.12. The minimum Gasteiger partial charge on any atom is -0.336 e. The van der Waals surface area contributed by atoms with Crippen LogP contribution in [0.5, 0.6) is 0 Å². The number of piperazine rings is 1. The zero-order chi connectivity index (χ0) is 19.2. The lowest BCUT2D eigenvalue weighted by atomic mass is 10.1. The van der Waals surface area contributed by atoms with Gasteiger partial charge in [-0.2, -0.15) is 0 Å². The fourth-order valence-electron chi connectivity index (χ4n) is 3.15. The molecule has 1 aliphatic rings. The molecule has 4 nitrogen and oxygen atoms in total. The van der Waals surface area contributed by atoms with Crippen LogP contribution in [-0.4, -0.2) is 54.2 Å². The lowest BCUT2D eigenvalue weighted by Crippen LogP contribution is -2.50. The maximum Gasteiger partial charge on any atom is 0.249 e. The summed E-state index contributed by atoms with van der Waals surface area (Å²) in [7, 11) is 0. The van der Waals surface area contributed by atoms with E-state index in [4.69, 9.17) is 0 Å². The average molecular weight is 366 g/mol. The second kappa shape index (κ2) is 8.73. The van der Waals surface area contributed by atoms with Crippen LogP contribution >= 0.6 is 0 Å². The van der Waals surface area contributed by atoms with Gasteiger partial charge < -0.3 is 4.90 Å². The summed E-state index contributed by atoms with van der Waals surface area (Å²) in [4.78, 5) is 28.8. The number of halogens is 1. The van der Waals surface area contributed by atoms with Crippen molar-refractivity contribution < 1.29 is 14.0 Å². The van der Waals surface area contributed by atoms with Crippen molar-refractivity contribution in [3.05, 3.63) is 77.1 Å². The molecule has 1 saturated heterocycles. The molecule has 1 heterocycles. The molecular weight excluding hydrogens is 343 g/mol. The van der Waals surface area contributed by atoms with Crippen LogP contribution in [-0.2, 0) is 4.79 Å². The van der Waals surface area contributed by atoms with Gasteiger partial charge in [0, 0.05) is 37.3 Å². The van der Waals surface area contributed by atoms with Crippen LogP contribution in [0.25, 0.3) is 6.08 Å². The topological polar surface area (TPSA) is 40.6 Å². The molecule has 0 aliphatic carbocycles. The number of ketones is 1. The van der Waals surface area contributed by atoms with Crippen LogP contribution in [0.4, 0.5) is 4.39 Å². The van der Waals surface area contributed by atoms with Crippen molar-refractivity contribution in [2.45, 2.75) is 6.92 Å². The van der Waals surface area contributed by atoms with Crippen LogP contribution in [0.15, 0.2) is 60.2 Å². The zero-order valence-electron chi connectivity index (χ0n) is 15.4. The van der Waals surface area contributed by atoms with E-state index in [0.717, 1.165) is 5.56 Å². The summed E-state index contributed by atoms with van der Waals surface area (Å²) >= 11 is 0. The average Bonchev–Trinajstić information content (AvgIpc) is 2.69. The van der Waals surface area contributed by atoms with Crippen LogP contribution in [0.2, 0.25) is 0 Å². The van der Waals surface area contributed by atoms with Crippen LogP contribution in [0.1, 0.15) is 22.8 Å². The molecule has 0 saturated carbocycles. The number of Topliss-reactive ketones (excluding diaryl/α,β-unsaturated/α-hetero) is 1. The molecule has 0 aromatic heterocycles. The number of hydrogen-bond donors (Lipinski definition) is 0. The van der Waals surface area contributed by atoms with Crippen LogP contribution in [0, 0.1) is 5.82 Å². The summed E-state index contributed by atoms with van der Waals surface area (Å²) in [6.45, 7) is 4.60. The van der Waals surface area contributed by atoms with Crippen molar-refractivity contribution >= 4 is 17.8 Å². The van der Waals surface area contributed by atoms with Crippen molar-refractivity contribution in [1.29, 1.82) is 0 Å². The van der Waals surface area contributed by atoms with Gasteiger partial charge in [-0.15, -0.1) is 0 Å². The normalized spacial score (nSPS) is 15.6. The van der Waals surface area contributed by atoms with Crippen molar-refractivity contribution in [3.63, 3.8) is 0 Å². The van der Waals surface area contributed by atoms with Gasteiger partial charge in [-0.05, 0) is 42.8 Å². The van der Waals surface area contributed by atoms with Gasteiger partial charge in [0.05, 0.1) is 6.54 Å². The van der Waals surface area contributed by atoms with E-state index in [1.807, 2.05) is 53.1 Å². The first-order valence-electron chi connectivity index (χ1n) is 9.06. The predicted octanol–water partition coefficient (Wildman–Crippen LogP) is 3.26. The number of carbonyl (C=O) groups is 2. The summed E-state index contributed by atoms with van der Waals surface area (Å²) in [5, 5.41) is 0. The fourth-order valence-corrected chi connectivity index (χ4v) is 3.15. The van der Waals surface area contributed by atoms with Gasteiger partial charge in [0.15, 0.2) is 5.78 Å². The molecule has 5 heteroatoms. The first-order valence-corrected chi connectivity index (χ1v) is 9.06. The number of nitrogens with zero attached hydrogens (tertiary/aromatic N) is 2. The second-order valence-electron chi connectivity index (χ2n) is 6.74. The quantitative estimate of drug-likeness (QED) is 0.602. The third-order valence-electron chi connectivity index (χ3n) is 4.71. The highest BCUT2D eigenvalue weighted by molar-refractivity contribution is 5.98. The molecule has 0 radical (unpaired) electrons. The SMILES string of the molecule is C/C(=C\c1ccccc1)C(=O)N1CCN(CC(=O)c2ccc(F)cc2)CC1. The molecule has 1 fully saturated rings. The predicted molar refractivity (Wildman–Crippen MR) is 104 cm³/mol. The highest BCUT2D eigenvalue weighted by atomic mass is 19.1. The molecule has 3 rings (SSSR count). The molecule has 2 aromatic carbocycles. The molecule has 1 aliphatic heterocycles. The summed E-state index contributed by atoms with van der Waals surface area (Å²) in [6, 6.07) is 15.4. The van der Waals surface area contributed by atoms with E-state index in [1.165, 1.54) is 24.3 Å². The Kier molecular flexibility index (Phi) is 6.14. The molecule has 0 unspecified atom stereocenters. The Balaban J connectivity index is 1.52. The first-order chi connectivity index (χ1) is 13.0. The monoisotopic (exact) mass is 366 g/mol. The molecule has 0 atom stereocenters. The lowest BCUT2D eigenvalue weighted by molar-refractivity contribution is -0.128. The number of rotatable bonds is 5. The van der Waals surface area contributed by atoms with Crippen LogP contribution in [0.3, 0.4) is 0 Å². The summed E-state index contributed by atoms with van der Waals surface area (Å²) in [6.07, 6.45) is 1.90. The van der Waals surface area contributed by atoms with Crippen molar-refractivity contribution in [2.24, 2.45) is 0 Å². The van der Waals surface area contributed by atoms with E-state index >= 15 is 0 Å². The summed E-state index contributed by atoms with van der Waals surface area (Å²) in [5.74, 6) is -0.351. The number of carbonyl (C=O) groups excluding carboxylic acids is 2. The number of hydrogen-bond acceptors (Lipinski definition) is 3. The maximum atomic E-state index is 13.0. The van der Waals surface area contributed by atoms with Gasteiger partial charge in [0.25, 0.3) is 0 Å². The van der Waals surface area contributed by atoms with Gasteiger partial charge >= 0.3 is 0 Å². The Morgan fingerprint density at radius 2 is 1.59 bits per heavy atom. The third-order valence-corrected chi connectivity index (χ3v) is 4.71. The Hall–Kier alpha value is -2.79. The summed E-state index contributed by atoms with van der Waals surface area (Å²) in [5.41, 5.74) is 2.22. The lowest BCUT2D eigenvalue weighted by Gasteiger charge is -2.34. The van der Waals surface area contributed by atoms with Gasteiger partial charge in [-0.3, -0.25) is 14.5 Å². The van der Waals surface area contributed by atoms with Gasteiger partial charge in [0.2, 0.25) is 5.91 Å². The minimum absolute atomic E-state index is 0.0309. The minimum atomic E-state index is -0.349. The van der Waals surface area contributed by atoms with E-state index in [0.29, 0.717) is 37.3 Å². The maximum absolute atomic E-state index is 13.0. The Morgan fingerprint density at radius 3 is 2.22 bits per heavy atom. The second-order valence-corrected chi connectivity index (χ2v) is 6.74. The number of benzene rings is 2. The van der Waals surface area contributed by atoms with E-state index in [2.05, 4.69) is 0 Å². The van der Waals surface area contributed by atoms with E-state index < -0.39 is 0 Å². The van der Waals surface area contributed by atoms with Crippen LogP contribution < -0.4 is 0 Å². The Bertz CT molecular complexity index is 823.